The van der Waals surface area contributed by atoms with Gasteiger partial charge in [0.05, 0.1) is 32.6 Å². The molecule has 0 spiro atoms. The van der Waals surface area contributed by atoms with Crippen molar-refractivity contribution in [2.75, 3.05) is 70.0 Å². The van der Waals surface area contributed by atoms with Gasteiger partial charge in [-0.3, -0.25) is 0 Å². The fourth-order valence-corrected chi connectivity index (χ4v) is 4.76. The van der Waals surface area contributed by atoms with E-state index in [9.17, 15) is 5.11 Å². The van der Waals surface area contributed by atoms with E-state index in [1.165, 1.54) is 6.42 Å². The zero-order valence-corrected chi connectivity index (χ0v) is 23.3. The molecule has 0 amide bonds. The van der Waals surface area contributed by atoms with Gasteiger partial charge in [-0.1, -0.05) is 13.0 Å². The monoisotopic (exact) mass is 541 g/mol. The quantitative estimate of drug-likeness (QED) is 0.220. The van der Waals surface area contributed by atoms with E-state index in [-0.39, 0.29) is 6.61 Å². The van der Waals surface area contributed by atoms with Gasteiger partial charge in [-0.2, -0.15) is 9.61 Å². The van der Waals surface area contributed by atoms with Crippen LogP contribution in [0.4, 0.5) is 11.6 Å². The van der Waals surface area contributed by atoms with E-state index in [0.29, 0.717) is 51.5 Å². The number of piperidine rings is 1. The first-order chi connectivity index (χ1) is 19.2. The number of fused-ring (bicyclic) bond motifs is 1. The number of aromatic nitrogens is 4. The van der Waals surface area contributed by atoms with Gasteiger partial charge in [-0.25, -0.2) is 9.97 Å². The average Bonchev–Trinajstić information content (AvgIpc) is 3.39. The molecular weight excluding hydrogens is 498 g/mol. The lowest BCUT2D eigenvalue weighted by Crippen LogP contribution is -2.40. The van der Waals surface area contributed by atoms with Crippen molar-refractivity contribution in [1.82, 2.24) is 24.9 Å². The van der Waals surface area contributed by atoms with E-state index in [2.05, 4.69) is 38.6 Å². The highest BCUT2D eigenvalue weighted by atomic mass is 16.5. The second kappa shape index (κ2) is 15.6. The number of nitrogens with zero attached hydrogens (tertiary/aromatic N) is 5. The molecule has 0 aliphatic carbocycles. The van der Waals surface area contributed by atoms with Crippen molar-refractivity contribution in [3.63, 3.8) is 0 Å². The van der Waals surface area contributed by atoms with Crippen molar-refractivity contribution in [3.8, 4) is 5.88 Å². The van der Waals surface area contributed by atoms with Gasteiger partial charge in [0, 0.05) is 56.2 Å². The highest BCUT2D eigenvalue weighted by Gasteiger charge is 2.25. The Bertz CT molecular complexity index is 1120. The fraction of sp³-hybridized carbons (Fsp3) is 0.607. The normalized spacial score (nSPS) is 15.7. The summed E-state index contributed by atoms with van der Waals surface area (Å²) in [6.07, 6.45) is 8.73. The van der Waals surface area contributed by atoms with E-state index in [1.54, 1.807) is 0 Å². The van der Waals surface area contributed by atoms with Crippen LogP contribution in [0.2, 0.25) is 0 Å². The van der Waals surface area contributed by atoms with Crippen LogP contribution in [0.25, 0.3) is 5.65 Å². The molecular formula is C28H43N7O4. The van der Waals surface area contributed by atoms with Gasteiger partial charge < -0.3 is 34.9 Å². The minimum Gasteiger partial charge on any atom is -0.475 e. The Balaban J connectivity index is 1.33. The summed E-state index contributed by atoms with van der Waals surface area (Å²) in [6, 6.07) is 6.26. The number of ether oxygens (including phenoxy) is 3. The molecule has 1 fully saturated rings. The molecule has 0 radical (unpaired) electrons. The van der Waals surface area contributed by atoms with Crippen molar-refractivity contribution >= 4 is 17.3 Å². The molecule has 1 atom stereocenters. The van der Waals surface area contributed by atoms with E-state index in [4.69, 9.17) is 19.2 Å². The SMILES string of the molecule is CCc1cnn2c(NCc3ccc(OCCOCCOCCNC)nc3)cc(N3CCCC[C@H]3CCO)nc12. The molecule has 4 rings (SSSR count). The summed E-state index contributed by atoms with van der Waals surface area (Å²) in [4.78, 5) is 11.8. The Hall–Kier alpha value is -2.99. The lowest BCUT2D eigenvalue weighted by molar-refractivity contribution is 0.0371. The molecule has 11 heteroatoms. The molecule has 11 nitrogen and oxygen atoms in total. The van der Waals surface area contributed by atoms with E-state index in [0.717, 1.165) is 67.2 Å². The van der Waals surface area contributed by atoms with Crippen molar-refractivity contribution in [2.45, 2.75) is 51.6 Å². The number of pyridine rings is 1. The van der Waals surface area contributed by atoms with E-state index in [1.807, 2.05) is 36.1 Å². The number of hydrogen-bond acceptors (Lipinski definition) is 10. The third-order valence-electron chi connectivity index (χ3n) is 6.91. The van der Waals surface area contributed by atoms with Crippen molar-refractivity contribution in [3.05, 3.63) is 41.7 Å². The highest BCUT2D eigenvalue weighted by molar-refractivity contribution is 5.61. The number of anilines is 2. The summed E-state index contributed by atoms with van der Waals surface area (Å²) in [7, 11) is 1.90. The molecule has 1 aliphatic rings. The molecule has 0 saturated carbocycles. The maximum absolute atomic E-state index is 9.60. The van der Waals surface area contributed by atoms with Crippen molar-refractivity contribution in [2.24, 2.45) is 0 Å². The first-order valence-corrected chi connectivity index (χ1v) is 14.1. The van der Waals surface area contributed by atoms with Gasteiger partial charge in [0.2, 0.25) is 5.88 Å². The Labute approximate surface area is 230 Å². The van der Waals surface area contributed by atoms with Gasteiger partial charge in [-0.15, -0.1) is 0 Å². The summed E-state index contributed by atoms with van der Waals surface area (Å²) >= 11 is 0. The van der Waals surface area contributed by atoms with Crippen LogP contribution >= 0.6 is 0 Å². The van der Waals surface area contributed by atoms with Crippen LogP contribution in [-0.4, -0.2) is 90.5 Å². The number of likely N-dealkylation sites (N-methyl/N-ethyl adjacent to an activating group) is 1. The van der Waals surface area contributed by atoms with E-state index >= 15 is 0 Å². The largest absolute Gasteiger partial charge is 0.475 e. The Morgan fingerprint density at radius 1 is 1.08 bits per heavy atom. The topological polar surface area (TPSA) is 118 Å². The second-order valence-corrected chi connectivity index (χ2v) is 9.65. The van der Waals surface area contributed by atoms with Gasteiger partial charge in [0.15, 0.2) is 5.65 Å². The zero-order chi connectivity index (χ0) is 27.3. The van der Waals surface area contributed by atoms with Crippen molar-refractivity contribution < 1.29 is 19.3 Å². The fourth-order valence-electron chi connectivity index (χ4n) is 4.76. The van der Waals surface area contributed by atoms with Crippen LogP contribution in [0.5, 0.6) is 5.88 Å². The van der Waals surface area contributed by atoms with Crippen LogP contribution < -0.4 is 20.3 Å². The summed E-state index contributed by atoms with van der Waals surface area (Å²) in [5.74, 6) is 2.39. The molecule has 0 bridgehead atoms. The number of nitrogens with one attached hydrogen (secondary N) is 2. The molecule has 3 N–H and O–H groups in total. The zero-order valence-electron chi connectivity index (χ0n) is 23.3. The van der Waals surface area contributed by atoms with Gasteiger partial charge in [0.1, 0.15) is 18.2 Å². The third kappa shape index (κ3) is 8.25. The molecule has 214 valence electrons. The van der Waals surface area contributed by atoms with Crippen LogP contribution in [0.3, 0.4) is 0 Å². The van der Waals surface area contributed by atoms with Gasteiger partial charge in [-0.05, 0) is 44.7 Å². The lowest BCUT2D eigenvalue weighted by Gasteiger charge is -2.36. The molecule has 1 aliphatic heterocycles. The first-order valence-electron chi connectivity index (χ1n) is 14.1. The van der Waals surface area contributed by atoms with Crippen LogP contribution in [0.15, 0.2) is 30.6 Å². The molecule has 3 aromatic rings. The predicted octanol–water partition coefficient (Wildman–Crippen LogP) is 2.67. The summed E-state index contributed by atoms with van der Waals surface area (Å²) < 4.78 is 18.5. The first kappa shape index (κ1) is 29.0. The summed E-state index contributed by atoms with van der Waals surface area (Å²) in [5.41, 5.74) is 3.02. The predicted molar refractivity (Wildman–Crippen MR) is 152 cm³/mol. The van der Waals surface area contributed by atoms with Crippen LogP contribution in [-0.2, 0) is 22.4 Å². The van der Waals surface area contributed by atoms with Gasteiger partial charge in [0.25, 0.3) is 0 Å². The number of aliphatic hydroxyl groups excluding tert-OH is 1. The molecule has 1 saturated heterocycles. The standard InChI is InChI=1S/C28H43N7O4/c1-3-23-21-32-35-25(18-26(33-28(23)35)34-11-5-4-6-24(34)9-12-36)30-19-22-7-8-27(31-20-22)39-17-16-38-15-14-37-13-10-29-2/h7-8,18,20-21,24,29-30,36H,3-6,9-17,19H2,1-2H3/t24-/m0/s1. The smallest absolute Gasteiger partial charge is 0.213 e. The number of aliphatic hydroxyl groups is 1. The molecule has 0 aromatic carbocycles. The third-order valence-corrected chi connectivity index (χ3v) is 6.91. The molecule has 0 unspecified atom stereocenters. The minimum absolute atomic E-state index is 0.188. The summed E-state index contributed by atoms with van der Waals surface area (Å²) in [6.45, 7) is 7.41. The minimum atomic E-state index is 0.188. The van der Waals surface area contributed by atoms with Crippen LogP contribution in [0, 0.1) is 0 Å². The maximum Gasteiger partial charge on any atom is 0.213 e. The highest BCUT2D eigenvalue weighted by Crippen LogP contribution is 2.29. The van der Waals surface area contributed by atoms with E-state index < -0.39 is 0 Å². The van der Waals surface area contributed by atoms with Gasteiger partial charge >= 0.3 is 0 Å². The second-order valence-electron chi connectivity index (χ2n) is 9.65. The lowest BCUT2D eigenvalue weighted by atomic mass is 9.99. The number of hydrogen-bond donors (Lipinski definition) is 3. The molecule has 3 aromatic heterocycles. The van der Waals surface area contributed by atoms with Crippen LogP contribution in [0.1, 0.15) is 43.7 Å². The average molecular weight is 542 g/mol. The molecule has 39 heavy (non-hydrogen) atoms. The number of aryl methyl sites for hydroxylation is 1. The molecule has 4 heterocycles. The summed E-state index contributed by atoms with van der Waals surface area (Å²) in [5, 5.41) is 20.8. The maximum atomic E-state index is 9.60. The van der Waals surface area contributed by atoms with Crippen molar-refractivity contribution in [1.29, 1.82) is 0 Å². The Morgan fingerprint density at radius 3 is 2.69 bits per heavy atom. The number of rotatable bonds is 17. The Morgan fingerprint density at radius 2 is 1.92 bits per heavy atom. The Kier molecular flexibility index (Phi) is 11.6.